The topological polar surface area (TPSA) is 130 Å². The molecule has 1 aromatic heterocycles. The highest BCUT2D eigenvalue weighted by Crippen LogP contribution is 2.22. The van der Waals surface area contributed by atoms with Crippen LogP contribution in [0.25, 0.3) is 0 Å². The highest BCUT2D eigenvalue weighted by atomic mass is 16.5. The van der Waals surface area contributed by atoms with Crippen LogP contribution in [-0.2, 0) is 11.3 Å². The molecule has 2 aromatic rings. The molecule has 0 aliphatic carbocycles. The lowest BCUT2D eigenvalue weighted by atomic mass is 10.2. The molecule has 0 radical (unpaired) electrons. The second-order valence-corrected chi connectivity index (χ2v) is 4.10. The van der Waals surface area contributed by atoms with Gasteiger partial charge in [0, 0.05) is 11.6 Å². The van der Waals surface area contributed by atoms with Crippen molar-refractivity contribution in [3.8, 4) is 11.5 Å². The summed E-state index contributed by atoms with van der Waals surface area (Å²) in [5.41, 5.74) is 8.49. The van der Waals surface area contributed by atoms with Crippen molar-refractivity contribution in [2.45, 2.75) is 6.54 Å². The monoisotopic (exact) mass is 305 g/mol. The van der Waals surface area contributed by atoms with E-state index in [1.54, 1.807) is 25.3 Å². The molecular weight excluding hydrogens is 290 g/mol. The molecule has 10 heteroatoms. The zero-order valence-corrected chi connectivity index (χ0v) is 12.1. The number of nitrogens with two attached hydrogens (primary N) is 1. The van der Waals surface area contributed by atoms with E-state index in [1.165, 1.54) is 13.3 Å². The molecule has 0 fully saturated rings. The summed E-state index contributed by atoms with van der Waals surface area (Å²) < 4.78 is 11.5. The number of aromatic nitrogens is 4. The molecule has 0 atom stereocenters. The smallest absolute Gasteiger partial charge is 0.261 e. The number of ether oxygens (including phenoxy) is 2. The van der Waals surface area contributed by atoms with Gasteiger partial charge in [0.25, 0.3) is 5.91 Å². The Kier molecular flexibility index (Phi) is 4.85. The van der Waals surface area contributed by atoms with Crippen molar-refractivity contribution < 1.29 is 14.3 Å². The van der Waals surface area contributed by atoms with Crippen LogP contribution in [0.1, 0.15) is 5.56 Å². The number of tetrazole rings is 1. The number of nitrogens with zero attached hydrogens (tertiary/aromatic N) is 5. The van der Waals surface area contributed by atoms with Crippen LogP contribution in [0.2, 0.25) is 0 Å². The normalized spacial score (nSPS) is 10.6. The zero-order valence-electron chi connectivity index (χ0n) is 12.1. The highest BCUT2D eigenvalue weighted by molar-refractivity contribution is 5.85. The molecule has 0 unspecified atom stereocenters. The highest BCUT2D eigenvalue weighted by Gasteiger charge is 2.07. The molecule has 1 amide bonds. The van der Waals surface area contributed by atoms with Crippen molar-refractivity contribution in [2.75, 3.05) is 20.0 Å². The Morgan fingerprint density at radius 2 is 2.27 bits per heavy atom. The van der Waals surface area contributed by atoms with E-state index in [2.05, 4.69) is 26.1 Å². The van der Waals surface area contributed by atoms with Crippen molar-refractivity contribution in [1.82, 2.24) is 25.6 Å². The number of carbonyl (C=O) groups excluding carboxylic acids is 1. The van der Waals surface area contributed by atoms with Gasteiger partial charge in [0.15, 0.2) is 0 Å². The van der Waals surface area contributed by atoms with Gasteiger partial charge in [-0.25, -0.2) is 10.1 Å². The van der Waals surface area contributed by atoms with E-state index in [9.17, 15) is 4.79 Å². The number of hydrazone groups is 1. The third-order valence-corrected chi connectivity index (χ3v) is 2.69. The number of nitrogen functional groups attached to an aromatic ring is 1. The fourth-order valence-electron chi connectivity index (χ4n) is 1.59. The first-order valence-electron chi connectivity index (χ1n) is 6.19. The Morgan fingerprint density at radius 3 is 2.91 bits per heavy atom. The molecule has 0 spiro atoms. The zero-order chi connectivity index (χ0) is 15.9. The second kappa shape index (κ2) is 7.02. The SMILES string of the molecule is COc1ccc(C=NNC(=O)Cn2nnnc2N)c(OC)c1. The molecule has 0 bridgehead atoms. The van der Waals surface area contributed by atoms with Crippen LogP contribution in [0.5, 0.6) is 11.5 Å². The Labute approximate surface area is 125 Å². The van der Waals surface area contributed by atoms with Crippen molar-refractivity contribution in [3.63, 3.8) is 0 Å². The third kappa shape index (κ3) is 3.69. The number of benzene rings is 1. The molecule has 22 heavy (non-hydrogen) atoms. The molecule has 2 rings (SSSR count). The van der Waals surface area contributed by atoms with Gasteiger partial charge in [-0.05, 0) is 22.6 Å². The molecule has 1 heterocycles. The van der Waals surface area contributed by atoms with Gasteiger partial charge in [-0.2, -0.15) is 5.10 Å². The summed E-state index contributed by atoms with van der Waals surface area (Å²) in [6.45, 7) is -0.129. The van der Waals surface area contributed by atoms with Crippen LogP contribution in [0.15, 0.2) is 23.3 Å². The number of amides is 1. The molecule has 116 valence electrons. The first-order valence-corrected chi connectivity index (χ1v) is 6.19. The summed E-state index contributed by atoms with van der Waals surface area (Å²) in [6, 6.07) is 5.23. The average molecular weight is 305 g/mol. The van der Waals surface area contributed by atoms with Gasteiger partial charge in [-0.3, -0.25) is 4.79 Å². The predicted molar refractivity (Wildman–Crippen MR) is 77.5 cm³/mol. The van der Waals surface area contributed by atoms with Gasteiger partial charge in [0.2, 0.25) is 5.95 Å². The van der Waals surface area contributed by atoms with Gasteiger partial charge >= 0.3 is 0 Å². The minimum absolute atomic E-state index is 0.0518. The molecule has 3 N–H and O–H groups in total. The van der Waals surface area contributed by atoms with Crippen LogP contribution in [0, 0.1) is 0 Å². The predicted octanol–water partition coefficient (Wildman–Crippen LogP) is -0.577. The van der Waals surface area contributed by atoms with Gasteiger partial charge in [0.05, 0.1) is 20.4 Å². The number of carbonyl (C=O) groups is 1. The summed E-state index contributed by atoms with van der Waals surface area (Å²) in [5.74, 6) is 0.868. The molecule has 0 aliphatic rings. The van der Waals surface area contributed by atoms with Crippen LogP contribution in [0.3, 0.4) is 0 Å². The molecule has 0 aliphatic heterocycles. The summed E-state index contributed by atoms with van der Waals surface area (Å²) >= 11 is 0. The molecule has 0 saturated carbocycles. The first kappa shape index (κ1) is 15.2. The van der Waals surface area contributed by atoms with Crippen molar-refractivity contribution in [2.24, 2.45) is 5.10 Å². The summed E-state index contributed by atoms with van der Waals surface area (Å²) in [7, 11) is 3.10. The Bertz CT molecular complexity index is 683. The number of nitrogens with one attached hydrogen (secondary N) is 1. The van der Waals surface area contributed by atoms with E-state index in [1.807, 2.05) is 0 Å². The van der Waals surface area contributed by atoms with Gasteiger partial charge in [-0.1, -0.05) is 5.10 Å². The maximum absolute atomic E-state index is 11.7. The van der Waals surface area contributed by atoms with Crippen LogP contribution in [0.4, 0.5) is 5.95 Å². The molecule has 10 nitrogen and oxygen atoms in total. The minimum Gasteiger partial charge on any atom is -0.497 e. The number of rotatable bonds is 6. The van der Waals surface area contributed by atoms with Crippen LogP contribution >= 0.6 is 0 Å². The standard InChI is InChI=1S/C12H15N7O3/c1-21-9-4-3-8(10(5-9)22-2)6-14-15-11(20)7-19-12(13)16-17-18-19/h3-6H,7H2,1-2H3,(H,15,20)(H2,13,16,18). The first-order chi connectivity index (χ1) is 10.6. The number of hydrogen-bond acceptors (Lipinski definition) is 8. The number of methoxy groups -OCH3 is 2. The van der Waals surface area contributed by atoms with E-state index < -0.39 is 5.91 Å². The Hall–Kier alpha value is -3.17. The van der Waals surface area contributed by atoms with Gasteiger partial charge < -0.3 is 15.2 Å². The number of hydrogen-bond donors (Lipinski definition) is 2. The van der Waals surface area contributed by atoms with Crippen molar-refractivity contribution in [3.05, 3.63) is 23.8 Å². The van der Waals surface area contributed by atoms with E-state index in [0.717, 1.165) is 4.68 Å². The second-order valence-electron chi connectivity index (χ2n) is 4.10. The maximum atomic E-state index is 11.7. The minimum atomic E-state index is -0.414. The lowest BCUT2D eigenvalue weighted by Crippen LogP contribution is -2.24. The fourth-order valence-corrected chi connectivity index (χ4v) is 1.59. The largest absolute Gasteiger partial charge is 0.497 e. The van der Waals surface area contributed by atoms with Crippen molar-refractivity contribution >= 4 is 18.1 Å². The third-order valence-electron chi connectivity index (χ3n) is 2.69. The van der Waals surface area contributed by atoms with Crippen LogP contribution in [-0.4, -0.2) is 46.5 Å². The van der Waals surface area contributed by atoms with E-state index >= 15 is 0 Å². The van der Waals surface area contributed by atoms with Crippen LogP contribution < -0.4 is 20.6 Å². The quantitative estimate of drug-likeness (QED) is 0.539. The van der Waals surface area contributed by atoms with Gasteiger partial charge in [0.1, 0.15) is 18.0 Å². The number of anilines is 1. The Balaban J connectivity index is 1.97. The van der Waals surface area contributed by atoms with E-state index in [0.29, 0.717) is 17.1 Å². The summed E-state index contributed by atoms with van der Waals surface area (Å²) in [6.07, 6.45) is 1.46. The Morgan fingerprint density at radius 1 is 1.45 bits per heavy atom. The molecule has 1 aromatic carbocycles. The lowest BCUT2D eigenvalue weighted by Gasteiger charge is -2.06. The average Bonchev–Trinajstić information content (AvgIpc) is 2.92. The summed E-state index contributed by atoms with van der Waals surface area (Å²) in [5, 5.41) is 14.2. The van der Waals surface area contributed by atoms with E-state index in [4.69, 9.17) is 15.2 Å². The lowest BCUT2D eigenvalue weighted by molar-refractivity contribution is -0.121. The molecular formula is C12H15N7O3. The fraction of sp³-hybridized carbons (Fsp3) is 0.250. The van der Waals surface area contributed by atoms with E-state index in [-0.39, 0.29) is 12.5 Å². The maximum Gasteiger partial charge on any atom is 0.261 e. The van der Waals surface area contributed by atoms with Gasteiger partial charge in [-0.15, -0.1) is 0 Å². The summed E-state index contributed by atoms with van der Waals surface area (Å²) in [4.78, 5) is 11.7. The van der Waals surface area contributed by atoms with Crippen molar-refractivity contribution in [1.29, 1.82) is 0 Å². The molecule has 0 saturated heterocycles.